The first-order chi connectivity index (χ1) is 14.9. The molecule has 3 aromatic rings. The van der Waals surface area contributed by atoms with Crippen LogP contribution in [0.2, 0.25) is 0 Å². The molecule has 1 aromatic heterocycles. The molecule has 0 saturated carbocycles. The van der Waals surface area contributed by atoms with Crippen molar-refractivity contribution < 1.29 is 19.5 Å². The van der Waals surface area contributed by atoms with Crippen LogP contribution in [0, 0.1) is 0 Å². The van der Waals surface area contributed by atoms with E-state index in [4.69, 9.17) is 5.11 Å². The number of hydrogen-bond donors (Lipinski definition) is 3. The van der Waals surface area contributed by atoms with Crippen molar-refractivity contribution in [3.05, 3.63) is 59.3 Å². The molecule has 0 bridgehead atoms. The smallest absolute Gasteiger partial charge is 0.303 e. The Balaban J connectivity index is 1.50. The van der Waals surface area contributed by atoms with Gasteiger partial charge < -0.3 is 25.2 Å². The van der Waals surface area contributed by atoms with E-state index in [0.29, 0.717) is 24.2 Å². The van der Waals surface area contributed by atoms with Crippen LogP contribution in [0.3, 0.4) is 0 Å². The van der Waals surface area contributed by atoms with Gasteiger partial charge in [-0.2, -0.15) is 0 Å². The van der Waals surface area contributed by atoms with Gasteiger partial charge in [0.1, 0.15) is 6.17 Å². The van der Waals surface area contributed by atoms with Gasteiger partial charge in [-0.15, -0.1) is 0 Å². The number of hydrogen-bond acceptors (Lipinski definition) is 4. The van der Waals surface area contributed by atoms with Crippen molar-refractivity contribution in [2.45, 2.75) is 25.4 Å². The van der Waals surface area contributed by atoms with Crippen LogP contribution < -0.4 is 10.2 Å². The lowest BCUT2D eigenvalue weighted by Crippen LogP contribution is -2.51. The number of nitrogens with one attached hydrogen (secondary N) is 2. The third-order valence-electron chi connectivity index (χ3n) is 6.09. The molecule has 1 atom stereocenters. The van der Waals surface area contributed by atoms with Gasteiger partial charge in [-0.05, 0) is 42.3 Å². The summed E-state index contributed by atoms with van der Waals surface area (Å²) in [6.45, 7) is 0.608. The maximum Gasteiger partial charge on any atom is 0.303 e. The second-order valence-electron chi connectivity index (χ2n) is 7.97. The predicted octanol–water partition coefficient (Wildman–Crippen LogP) is 3.12. The fourth-order valence-electron chi connectivity index (χ4n) is 4.65. The van der Waals surface area contributed by atoms with E-state index in [1.54, 1.807) is 6.07 Å². The molecule has 0 spiro atoms. The molecule has 158 valence electrons. The number of amides is 2. The Kier molecular flexibility index (Phi) is 4.43. The summed E-state index contributed by atoms with van der Waals surface area (Å²) in [6.07, 6.45) is 0.228. The highest BCUT2D eigenvalue weighted by Crippen LogP contribution is 2.43. The van der Waals surface area contributed by atoms with Gasteiger partial charge >= 0.3 is 5.97 Å². The number of aromatic nitrogens is 1. The number of fused-ring (bicyclic) bond motifs is 6. The minimum atomic E-state index is -0.998. The average molecular weight is 418 g/mol. The van der Waals surface area contributed by atoms with E-state index in [1.807, 2.05) is 48.3 Å². The summed E-state index contributed by atoms with van der Waals surface area (Å²) in [4.78, 5) is 43.3. The molecule has 2 amide bonds. The van der Waals surface area contributed by atoms with Crippen molar-refractivity contribution in [3.63, 3.8) is 0 Å². The zero-order valence-corrected chi connectivity index (χ0v) is 17.0. The topological polar surface area (TPSA) is 106 Å². The van der Waals surface area contributed by atoms with Crippen molar-refractivity contribution in [1.29, 1.82) is 0 Å². The van der Waals surface area contributed by atoms with Gasteiger partial charge in [-0.25, -0.2) is 0 Å². The highest BCUT2D eigenvalue weighted by Gasteiger charge is 2.41. The van der Waals surface area contributed by atoms with Crippen molar-refractivity contribution in [2.24, 2.45) is 0 Å². The summed E-state index contributed by atoms with van der Waals surface area (Å²) in [5.74, 6) is -1.29. The number of rotatable bonds is 4. The standard InChI is InChI=1S/C23H22N4O4/c1-26-18-5-3-2-4-15(18)23(31)27-11-10-14-16-12-13(24-19(28)8-9-20(29)30)6-7-17(16)25-21(14)22(26)27/h2-7,12,22,25H,8-11H2,1H3,(H,24,28)(H,29,30). The molecule has 31 heavy (non-hydrogen) atoms. The Morgan fingerprint density at radius 2 is 2.00 bits per heavy atom. The van der Waals surface area contributed by atoms with E-state index in [-0.39, 0.29) is 30.8 Å². The number of aliphatic carboxylic acids is 1. The number of carboxylic acid groups (broad SMARTS) is 1. The molecule has 5 rings (SSSR count). The van der Waals surface area contributed by atoms with Gasteiger partial charge in [0.15, 0.2) is 0 Å². The molecule has 2 aliphatic heterocycles. The van der Waals surface area contributed by atoms with Crippen LogP contribution in [-0.4, -0.2) is 46.4 Å². The van der Waals surface area contributed by atoms with Crippen LogP contribution in [0.25, 0.3) is 10.9 Å². The number of carbonyl (C=O) groups is 3. The van der Waals surface area contributed by atoms with Crippen LogP contribution in [0.1, 0.15) is 40.6 Å². The van der Waals surface area contributed by atoms with Gasteiger partial charge in [-0.1, -0.05) is 12.1 Å². The van der Waals surface area contributed by atoms with Gasteiger partial charge in [0.25, 0.3) is 5.91 Å². The molecule has 8 nitrogen and oxygen atoms in total. The summed E-state index contributed by atoms with van der Waals surface area (Å²) in [6, 6.07) is 13.3. The van der Waals surface area contributed by atoms with Crippen molar-refractivity contribution in [1.82, 2.24) is 9.88 Å². The second-order valence-corrected chi connectivity index (χ2v) is 7.97. The number of H-pyrrole nitrogens is 1. The van der Waals surface area contributed by atoms with Crippen LogP contribution >= 0.6 is 0 Å². The number of anilines is 2. The Morgan fingerprint density at radius 1 is 1.19 bits per heavy atom. The normalized spacial score (nSPS) is 17.2. The number of carboxylic acids is 1. The van der Waals surface area contributed by atoms with Gasteiger partial charge in [0.2, 0.25) is 5.91 Å². The number of benzene rings is 2. The van der Waals surface area contributed by atoms with E-state index >= 15 is 0 Å². The average Bonchev–Trinajstić information content (AvgIpc) is 3.13. The zero-order chi connectivity index (χ0) is 21.7. The lowest BCUT2D eigenvalue weighted by molar-refractivity contribution is -0.138. The van der Waals surface area contributed by atoms with Gasteiger partial charge in [0, 0.05) is 36.6 Å². The van der Waals surface area contributed by atoms with E-state index in [9.17, 15) is 14.4 Å². The number of aromatic amines is 1. The summed E-state index contributed by atoms with van der Waals surface area (Å²) in [5.41, 5.74) is 5.32. The van der Waals surface area contributed by atoms with E-state index < -0.39 is 5.97 Å². The first-order valence-corrected chi connectivity index (χ1v) is 10.2. The molecule has 2 aromatic carbocycles. The van der Waals surface area contributed by atoms with Crippen LogP contribution in [0.15, 0.2) is 42.5 Å². The van der Waals surface area contributed by atoms with Crippen LogP contribution in [-0.2, 0) is 16.0 Å². The highest BCUT2D eigenvalue weighted by molar-refractivity contribution is 6.03. The third-order valence-corrected chi connectivity index (χ3v) is 6.09. The fourth-order valence-corrected chi connectivity index (χ4v) is 4.65. The monoisotopic (exact) mass is 418 g/mol. The summed E-state index contributed by atoms with van der Waals surface area (Å²) in [7, 11) is 2.00. The largest absolute Gasteiger partial charge is 0.481 e. The maximum absolute atomic E-state index is 13.1. The first kappa shape index (κ1) is 19.2. The van der Waals surface area contributed by atoms with Crippen molar-refractivity contribution in [2.75, 3.05) is 23.8 Å². The molecule has 3 N–H and O–H groups in total. The van der Waals surface area contributed by atoms with E-state index in [1.165, 1.54) is 0 Å². The second kappa shape index (κ2) is 7.16. The molecule has 3 heterocycles. The Hall–Kier alpha value is -3.81. The Labute approximate surface area is 178 Å². The van der Waals surface area contributed by atoms with Gasteiger partial charge in [0.05, 0.1) is 23.4 Å². The van der Waals surface area contributed by atoms with Crippen molar-refractivity contribution >= 4 is 40.1 Å². The number of nitrogens with zero attached hydrogens (tertiary/aromatic N) is 2. The van der Waals surface area contributed by atoms with E-state index in [0.717, 1.165) is 27.8 Å². The number of carbonyl (C=O) groups excluding carboxylic acids is 2. The van der Waals surface area contributed by atoms with Crippen LogP contribution in [0.5, 0.6) is 0 Å². The lowest BCUT2D eigenvalue weighted by atomic mass is 9.96. The van der Waals surface area contributed by atoms with E-state index in [2.05, 4.69) is 15.2 Å². The minimum Gasteiger partial charge on any atom is -0.481 e. The highest BCUT2D eigenvalue weighted by atomic mass is 16.4. The minimum absolute atomic E-state index is 0.0365. The molecular formula is C23H22N4O4. The quantitative estimate of drug-likeness (QED) is 0.604. The molecule has 2 aliphatic rings. The molecular weight excluding hydrogens is 396 g/mol. The van der Waals surface area contributed by atoms with Crippen LogP contribution in [0.4, 0.5) is 11.4 Å². The van der Waals surface area contributed by atoms with Gasteiger partial charge in [-0.3, -0.25) is 14.4 Å². The Bertz CT molecular complexity index is 1230. The maximum atomic E-state index is 13.1. The first-order valence-electron chi connectivity index (χ1n) is 10.2. The predicted molar refractivity (Wildman–Crippen MR) is 116 cm³/mol. The summed E-state index contributed by atoms with van der Waals surface area (Å²) >= 11 is 0. The molecule has 0 aliphatic carbocycles. The molecule has 8 heteroatoms. The molecule has 0 saturated heterocycles. The Morgan fingerprint density at radius 3 is 2.81 bits per heavy atom. The lowest BCUT2D eigenvalue weighted by Gasteiger charge is -2.46. The summed E-state index contributed by atoms with van der Waals surface area (Å²) < 4.78 is 0. The zero-order valence-electron chi connectivity index (χ0n) is 17.0. The summed E-state index contributed by atoms with van der Waals surface area (Å²) in [5, 5.41) is 12.5. The number of para-hydroxylation sites is 1. The third kappa shape index (κ3) is 3.11. The molecule has 0 radical (unpaired) electrons. The molecule has 0 fully saturated rings. The van der Waals surface area contributed by atoms with Crippen molar-refractivity contribution in [3.8, 4) is 0 Å². The molecule has 1 unspecified atom stereocenters. The fraction of sp³-hybridized carbons (Fsp3) is 0.261. The SMILES string of the molecule is CN1c2ccccc2C(=O)N2CCc3c([nH]c4ccc(NC(=O)CCC(=O)O)cc34)C21.